The molecule has 0 radical (unpaired) electrons. The number of carbonyl (C=O) groups excluding carboxylic acids is 3. The van der Waals surface area contributed by atoms with Crippen LogP contribution in [0.2, 0.25) is 0 Å². The van der Waals surface area contributed by atoms with Crippen LogP contribution < -0.4 is 11.1 Å². The van der Waals surface area contributed by atoms with Crippen LogP contribution in [0.25, 0.3) is 0 Å². The molecule has 1 atom stereocenters. The maximum atomic E-state index is 12.9. The molecule has 29 heavy (non-hydrogen) atoms. The minimum absolute atomic E-state index is 0. The number of ether oxygens (including phenoxy) is 1. The predicted octanol–water partition coefficient (Wildman–Crippen LogP) is 3.12. The SMILES string of the molecule is COC(=O)C1CCCCN1C(=O)c1cccc(NC(=O)CCCCCCN)c1.Cl. The number of amides is 2. The van der Waals surface area contributed by atoms with Gasteiger partial charge in [-0.3, -0.25) is 9.59 Å². The summed E-state index contributed by atoms with van der Waals surface area (Å²) in [5.41, 5.74) is 6.50. The Labute approximate surface area is 178 Å². The van der Waals surface area contributed by atoms with E-state index in [9.17, 15) is 14.4 Å². The number of hydrogen-bond donors (Lipinski definition) is 2. The van der Waals surface area contributed by atoms with Crippen molar-refractivity contribution >= 4 is 35.9 Å². The molecule has 1 heterocycles. The van der Waals surface area contributed by atoms with E-state index >= 15 is 0 Å². The van der Waals surface area contributed by atoms with Crippen molar-refractivity contribution in [3.8, 4) is 0 Å². The number of halogens is 1. The Kier molecular flexibility index (Phi) is 11.3. The van der Waals surface area contributed by atoms with Crippen molar-refractivity contribution in [1.29, 1.82) is 0 Å². The highest BCUT2D eigenvalue weighted by Gasteiger charge is 2.33. The Bertz CT molecular complexity index is 684. The van der Waals surface area contributed by atoms with Gasteiger partial charge in [-0.1, -0.05) is 18.9 Å². The number of rotatable bonds is 9. The molecule has 1 unspecified atom stereocenters. The van der Waals surface area contributed by atoms with Gasteiger partial charge in [-0.2, -0.15) is 0 Å². The van der Waals surface area contributed by atoms with Crippen LogP contribution in [0.3, 0.4) is 0 Å². The molecule has 0 bridgehead atoms. The number of benzene rings is 1. The van der Waals surface area contributed by atoms with Gasteiger partial charge in [-0.05, 0) is 56.8 Å². The third-order valence-electron chi connectivity index (χ3n) is 4.99. The summed E-state index contributed by atoms with van der Waals surface area (Å²) in [7, 11) is 1.34. The molecule has 2 amide bonds. The van der Waals surface area contributed by atoms with E-state index in [-0.39, 0.29) is 30.2 Å². The Balaban J connectivity index is 0.00000420. The molecule has 8 heteroatoms. The van der Waals surface area contributed by atoms with E-state index in [1.54, 1.807) is 29.2 Å². The van der Waals surface area contributed by atoms with Gasteiger partial charge in [0.25, 0.3) is 5.91 Å². The van der Waals surface area contributed by atoms with Gasteiger partial charge in [0.05, 0.1) is 7.11 Å². The third-order valence-corrected chi connectivity index (χ3v) is 4.99. The highest BCUT2D eigenvalue weighted by atomic mass is 35.5. The molecule has 1 fully saturated rings. The number of esters is 1. The summed E-state index contributed by atoms with van der Waals surface area (Å²) in [6.07, 6.45) is 6.62. The zero-order chi connectivity index (χ0) is 20.4. The lowest BCUT2D eigenvalue weighted by Gasteiger charge is -2.33. The van der Waals surface area contributed by atoms with Crippen LogP contribution in [0.5, 0.6) is 0 Å². The summed E-state index contributed by atoms with van der Waals surface area (Å²) < 4.78 is 4.85. The van der Waals surface area contributed by atoms with Gasteiger partial charge in [-0.25, -0.2) is 4.79 Å². The second-order valence-electron chi connectivity index (χ2n) is 7.12. The Morgan fingerprint density at radius 1 is 1.17 bits per heavy atom. The number of nitrogens with zero attached hydrogens (tertiary/aromatic N) is 1. The van der Waals surface area contributed by atoms with Gasteiger partial charge < -0.3 is 20.7 Å². The molecule has 0 saturated carbocycles. The van der Waals surface area contributed by atoms with E-state index in [1.165, 1.54) is 7.11 Å². The Hall–Kier alpha value is -2.12. The first-order valence-electron chi connectivity index (χ1n) is 10.1. The van der Waals surface area contributed by atoms with Gasteiger partial charge >= 0.3 is 5.97 Å². The molecule has 1 aliphatic rings. The molecule has 0 aromatic heterocycles. The van der Waals surface area contributed by atoms with E-state index in [2.05, 4.69) is 5.32 Å². The fourth-order valence-electron chi connectivity index (χ4n) is 3.46. The average molecular weight is 426 g/mol. The molecule has 3 N–H and O–H groups in total. The molecule has 7 nitrogen and oxygen atoms in total. The van der Waals surface area contributed by atoms with Crippen molar-refractivity contribution in [1.82, 2.24) is 4.90 Å². The standard InChI is InChI=1S/C21H31N3O4.ClH/c1-28-21(27)18-11-5-7-14-24(18)20(26)16-9-8-10-17(15-16)23-19(25)12-4-2-3-6-13-22;/h8-10,15,18H,2-7,11-14,22H2,1H3,(H,23,25);1H. The number of nitrogens with two attached hydrogens (primary N) is 1. The monoisotopic (exact) mass is 425 g/mol. The highest BCUT2D eigenvalue weighted by molar-refractivity contribution is 5.99. The van der Waals surface area contributed by atoms with Crippen molar-refractivity contribution in [2.75, 3.05) is 25.5 Å². The van der Waals surface area contributed by atoms with Crippen LogP contribution in [0.4, 0.5) is 5.69 Å². The summed E-state index contributed by atoms with van der Waals surface area (Å²) in [5, 5.41) is 2.85. The third kappa shape index (κ3) is 7.66. The fourth-order valence-corrected chi connectivity index (χ4v) is 3.46. The van der Waals surface area contributed by atoms with E-state index in [0.717, 1.165) is 38.5 Å². The topological polar surface area (TPSA) is 102 Å². The Morgan fingerprint density at radius 3 is 2.66 bits per heavy atom. The first-order chi connectivity index (χ1) is 13.6. The van der Waals surface area contributed by atoms with Crippen molar-refractivity contribution in [2.45, 2.75) is 57.4 Å². The average Bonchev–Trinajstić information content (AvgIpc) is 2.72. The smallest absolute Gasteiger partial charge is 0.328 e. The van der Waals surface area contributed by atoms with Crippen LogP contribution >= 0.6 is 12.4 Å². The van der Waals surface area contributed by atoms with Crippen molar-refractivity contribution in [3.05, 3.63) is 29.8 Å². The lowest BCUT2D eigenvalue weighted by atomic mass is 10.0. The normalized spacial score (nSPS) is 15.9. The van der Waals surface area contributed by atoms with Crippen molar-refractivity contribution < 1.29 is 19.1 Å². The fraction of sp³-hybridized carbons (Fsp3) is 0.571. The summed E-state index contributed by atoms with van der Waals surface area (Å²) in [5.74, 6) is -0.664. The van der Waals surface area contributed by atoms with Gasteiger partial charge in [0, 0.05) is 24.2 Å². The lowest BCUT2D eigenvalue weighted by Crippen LogP contribution is -2.48. The molecule has 162 valence electrons. The number of unbranched alkanes of at least 4 members (excludes halogenated alkanes) is 3. The minimum Gasteiger partial charge on any atom is -0.467 e. The highest BCUT2D eigenvalue weighted by Crippen LogP contribution is 2.22. The second-order valence-corrected chi connectivity index (χ2v) is 7.12. The number of anilines is 1. The molecule has 1 aromatic rings. The largest absolute Gasteiger partial charge is 0.467 e. The van der Waals surface area contributed by atoms with E-state index in [4.69, 9.17) is 10.5 Å². The molecule has 0 spiro atoms. The van der Waals surface area contributed by atoms with Gasteiger partial charge in [0.15, 0.2) is 0 Å². The van der Waals surface area contributed by atoms with Crippen molar-refractivity contribution in [2.24, 2.45) is 5.73 Å². The number of likely N-dealkylation sites (tertiary alicyclic amines) is 1. The molecule has 0 aliphatic carbocycles. The molecule has 1 saturated heterocycles. The van der Waals surface area contributed by atoms with Gasteiger partial charge in [0.1, 0.15) is 6.04 Å². The minimum atomic E-state index is -0.544. The number of nitrogens with one attached hydrogen (secondary N) is 1. The van der Waals surface area contributed by atoms with Crippen molar-refractivity contribution in [3.63, 3.8) is 0 Å². The van der Waals surface area contributed by atoms with Crippen LogP contribution in [0.15, 0.2) is 24.3 Å². The van der Waals surface area contributed by atoms with Crippen LogP contribution in [-0.4, -0.2) is 48.9 Å². The van der Waals surface area contributed by atoms with E-state index in [0.29, 0.717) is 37.2 Å². The number of hydrogen-bond acceptors (Lipinski definition) is 5. The summed E-state index contributed by atoms with van der Waals surface area (Å²) in [6.45, 7) is 1.21. The van der Waals surface area contributed by atoms with E-state index < -0.39 is 6.04 Å². The lowest BCUT2D eigenvalue weighted by molar-refractivity contribution is -0.147. The van der Waals surface area contributed by atoms with Crippen LogP contribution in [-0.2, 0) is 14.3 Å². The van der Waals surface area contributed by atoms with Gasteiger partial charge in [0.2, 0.25) is 5.91 Å². The number of methoxy groups -OCH3 is 1. The van der Waals surface area contributed by atoms with Crippen LogP contribution in [0.1, 0.15) is 61.7 Å². The zero-order valence-corrected chi connectivity index (χ0v) is 17.8. The van der Waals surface area contributed by atoms with Crippen LogP contribution in [0, 0.1) is 0 Å². The summed E-state index contributed by atoms with van der Waals surface area (Å²) in [6, 6.07) is 6.32. The molecule has 1 aliphatic heterocycles. The first-order valence-corrected chi connectivity index (χ1v) is 10.1. The second kappa shape index (κ2) is 13.2. The molecule has 1 aromatic carbocycles. The van der Waals surface area contributed by atoms with Gasteiger partial charge in [-0.15, -0.1) is 12.4 Å². The maximum Gasteiger partial charge on any atom is 0.328 e. The summed E-state index contributed by atoms with van der Waals surface area (Å²) in [4.78, 5) is 38.6. The summed E-state index contributed by atoms with van der Waals surface area (Å²) >= 11 is 0. The zero-order valence-electron chi connectivity index (χ0n) is 17.0. The molecule has 2 rings (SSSR count). The number of carbonyl (C=O) groups is 3. The molecular weight excluding hydrogens is 394 g/mol. The molecular formula is C21H32ClN3O4. The quantitative estimate of drug-likeness (QED) is 0.467. The number of piperidine rings is 1. The maximum absolute atomic E-state index is 12.9. The first kappa shape index (κ1) is 24.9. The van der Waals surface area contributed by atoms with E-state index in [1.807, 2.05) is 0 Å². The predicted molar refractivity (Wildman–Crippen MR) is 115 cm³/mol. The Morgan fingerprint density at radius 2 is 1.93 bits per heavy atom.